The average molecular weight is 374 g/mol. The van der Waals surface area contributed by atoms with E-state index in [0.29, 0.717) is 32.1 Å². The van der Waals surface area contributed by atoms with Gasteiger partial charge < -0.3 is 14.4 Å². The van der Waals surface area contributed by atoms with Crippen LogP contribution < -0.4 is 20.5 Å². The number of nitrogens with one attached hydrogen (secondary N) is 2. The number of nitro groups is 1. The minimum absolute atomic E-state index is 0.107. The second-order valence-corrected chi connectivity index (χ2v) is 5.53. The third-order valence-electron chi connectivity index (χ3n) is 3.73. The second-order valence-electron chi connectivity index (χ2n) is 5.53. The average Bonchev–Trinajstić information content (AvgIpc) is 2.71. The van der Waals surface area contributed by atoms with Crippen LogP contribution in [-0.2, 0) is 9.53 Å². The molecule has 11 heteroatoms. The normalized spacial score (nSPS) is 13.7. The molecule has 3 rings (SSSR count). The first-order valence-corrected chi connectivity index (χ1v) is 8.20. The Labute approximate surface area is 154 Å². The van der Waals surface area contributed by atoms with Crippen LogP contribution in [0.4, 0.5) is 17.3 Å². The zero-order valence-corrected chi connectivity index (χ0v) is 14.3. The van der Waals surface area contributed by atoms with Crippen LogP contribution in [0, 0.1) is 10.1 Å². The maximum absolute atomic E-state index is 11.9. The smallest absolute Gasteiger partial charge is 0.355 e. The van der Waals surface area contributed by atoms with E-state index >= 15 is 0 Å². The van der Waals surface area contributed by atoms with Gasteiger partial charge in [-0.3, -0.25) is 25.8 Å². The number of nitrogens with zero attached hydrogens (tertiary/aromatic N) is 4. The van der Waals surface area contributed by atoms with Crippen molar-refractivity contribution < 1.29 is 19.2 Å². The number of anilines is 2. The van der Waals surface area contributed by atoms with E-state index in [1.807, 2.05) is 6.07 Å². The summed E-state index contributed by atoms with van der Waals surface area (Å²) in [7, 11) is 0. The molecule has 1 aromatic carbocycles. The molecule has 11 nitrogen and oxygen atoms in total. The number of rotatable bonds is 7. The highest BCUT2D eigenvalue weighted by atomic mass is 16.6. The molecule has 1 saturated heterocycles. The van der Waals surface area contributed by atoms with Crippen molar-refractivity contribution in [2.45, 2.75) is 0 Å². The van der Waals surface area contributed by atoms with Gasteiger partial charge in [0, 0.05) is 13.1 Å². The molecule has 1 amide bonds. The molecular formula is C16H18N6O5. The summed E-state index contributed by atoms with van der Waals surface area (Å²) < 4.78 is 10.6. The highest BCUT2D eigenvalue weighted by Gasteiger charge is 2.28. The van der Waals surface area contributed by atoms with Gasteiger partial charge >= 0.3 is 5.69 Å². The van der Waals surface area contributed by atoms with Crippen LogP contribution in [-0.4, -0.2) is 53.7 Å². The molecule has 0 bridgehead atoms. The summed E-state index contributed by atoms with van der Waals surface area (Å²) in [6.07, 6.45) is 1.20. The summed E-state index contributed by atoms with van der Waals surface area (Å²) in [6, 6.07) is 8.82. The number of hydrogen-bond donors (Lipinski definition) is 2. The fourth-order valence-corrected chi connectivity index (χ4v) is 2.47. The van der Waals surface area contributed by atoms with Gasteiger partial charge in [0.1, 0.15) is 12.1 Å². The lowest BCUT2D eigenvalue weighted by Crippen LogP contribution is -2.38. The lowest BCUT2D eigenvalue weighted by molar-refractivity contribution is -0.383. The Morgan fingerprint density at radius 2 is 2.00 bits per heavy atom. The van der Waals surface area contributed by atoms with Gasteiger partial charge in [-0.1, -0.05) is 18.2 Å². The molecular weight excluding hydrogens is 356 g/mol. The summed E-state index contributed by atoms with van der Waals surface area (Å²) in [5.41, 5.74) is 4.51. The fourth-order valence-electron chi connectivity index (χ4n) is 2.47. The Hall–Kier alpha value is -3.47. The largest absolute Gasteiger partial charge is 0.484 e. The molecule has 0 radical (unpaired) electrons. The molecule has 2 aromatic rings. The summed E-state index contributed by atoms with van der Waals surface area (Å²) in [5.74, 6) is 0.0927. The maximum Gasteiger partial charge on any atom is 0.355 e. The van der Waals surface area contributed by atoms with Gasteiger partial charge in [0.2, 0.25) is 11.6 Å². The van der Waals surface area contributed by atoms with Crippen LogP contribution in [0.25, 0.3) is 0 Å². The molecule has 2 heterocycles. The highest BCUT2D eigenvalue weighted by molar-refractivity contribution is 5.80. The van der Waals surface area contributed by atoms with E-state index in [1.54, 1.807) is 29.2 Å². The van der Waals surface area contributed by atoms with E-state index in [0.717, 1.165) is 0 Å². The van der Waals surface area contributed by atoms with Gasteiger partial charge in [-0.05, 0) is 12.1 Å². The second kappa shape index (κ2) is 8.76. The Balaban J connectivity index is 1.65. The number of aromatic nitrogens is 2. The van der Waals surface area contributed by atoms with Gasteiger partial charge in [-0.2, -0.15) is 0 Å². The van der Waals surface area contributed by atoms with Crippen molar-refractivity contribution in [2.24, 2.45) is 0 Å². The molecule has 1 aliphatic rings. The topological polar surface area (TPSA) is 132 Å². The van der Waals surface area contributed by atoms with Crippen LogP contribution in [0.2, 0.25) is 0 Å². The van der Waals surface area contributed by atoms with Gasteiger partial charge in [-0.15, -0.1) is 0 Å². The fraction of sp³-hybridized carbons (Fsp3) is 0.312. The molecule has 0 unspecified atom stereocenters. The van der Waals surface area contributed by atoms with Crippen molar-refractivity contribution in [3.8, 4) is 5.75 Å². The monoisotopic (exact) mass is 374 g/mol. The molecule has 2 N–H and O–H groups in total. The zero-order chi connectivity index (χ0) is 19.1. The molecule has 1 fully saturated rings. The first-order chi connectivity index (χ1) is 13.1. The maximum atomic E-state index is 11.9. The third-order valence-corrected chi connectivity index (χ3v) is 3.73. The molecule has 0 atom stereocenters. The van der Waals surface area contributed by atoms with Crippen LogP contribution >= 0.6 is 0 Å². The molecule has 27 heavy (non-hydrogen) atoms. The van der Waals surface area contributed by atoms with E-state index in [1.165, 1.54) is 6.33 Å². The summed E-state index contributed by atoms with van der Waals surface area (Å²) in [4.78, 5) is 32.5. The van der Waals surface area contributed by atoms with Gasteiger partial charge in [0.25, 0.3) is 5.91 Å². The molecule has 0 aliphatic carbocycles. The molecule has 0 spiro atoms. The quantitative estimate of drug-likeness (QED) is 0.532. The summed E-state index contributed by atoms with van der Waals surface area (Å²) in [6.45, 7) is 1.62. The lowest BCUT2D eigenvalue weighted by Gasteiger charge is -2.27. The van der Waals surface area contributed by atoms with Crippen LogP contribution in [0.5, 0.6) is 5.75 Å². The van der Waals surface area contributed by atoms with E-state index in [2.05, 4.69) is 20.8 Å². The standard InChI is InChI=1S/C16H18N6O5/c23-13(10-27-12-4-2-1-3-5-12)19-20-15-14(22(24)25)16(18-11-17-15)21-6-8-26-9-7-21/h1-5,11H,6-10H2,(H,19,23)(H,17,18,20). The number of hydrogen-bond acceptors (Lipinski definition) is 9. The van der Waals surface area contributed by atoms with Crippen LogP contribution in [0.1, 0.15) is 0 Å². The highest BCUT2D eigenvalue weighted by Crippen LogP contribution is 2.31. The molecule has 1 aliphatic heterocycles. The van der Waals surface area contributed by atoms with Crippen LogP contribution in [0.15, 0.2) is 36.7 Å². The number of carbonyl (C=O) groups excluding carboxylic acids is 1. The summed E-state index contributed by atoms with van der Waals surface area (Å²) >= 11 is 0. The molecule has 0 saturated carbocycles. The lowest BCUT2D eigenvalue weighted by atomic mass is 10.3. The Bertz CT molecular complexity index is 797. The van der Waals surface area contributed by atoms with Crippen molar-refractivity contribution >= 4 is 23.2 Å². The van der Waals surface area contributed by atoms with E-state index in [9.17, 15) is 14.9 Å². The van der Waals surface area contributed by atoms with Gasteiger partial charge in [0.05, 0.1) is 18.1 Å². The van der Waals surface area contributed by atoms with E-state index in [-0.39, 0.29) is 23.9 Å². The number of hydrazine groups is 1. The minimum Gasteiger partial charge on any atom is -0.484 e. The van der Waals surface area contributed by atoms with Crippen molar-refractivity contribution in [2.75, 3.05) is 43.2 Å². The Morgan fingerprint density at radius 1 is 1.26 bits per heavy atom. The van der Waals surface area contributed by atoms with Crippen LogP contribution in [0.3, 0.4) is 0 Å². The van der Waals surface area contributed by atoms with E-state index < -0.39 is 10.8 Å². The number of morpholine rings is 1. The van der Waals surface area contributed by atoms with Crippen molar-refractivity contribution in [1.29, 1.82) is 0 Å². The number of amides is 1. The first-order valence-electron chi connectivity index (χ1n) is 8.20. The molecule has 142 valence electrons. The zero-order valence-electron chi connectivity index (χ0n) is 14.3. The minimum atomic E-state index is -0.584. The third kappa shape index (κ3) is 4.79. The number of carbonyl (C=O) groups is 1. The SMILES string of the molecule is O=C(COc1ccccc1)NNc1ncnc(N2CCOCC2)c1[N+](=O)[O-]. The van der Waals surface area contributed by atoms with Gasteiger partial charge in [0.15, 0.2) is 6.61 Å². The van der Waals surface area contributed by atoms with Crippen molar-refractivity contribution in [3.63, 3.8) is 0 Å². The molecule has 1 aromatic heterocycles. The van der Waals surface area contributed by atoms with E-state index in [4.69, 9.17) is 9.47 Å². The number of para-hydroxylation sites is 1. The predicted molar refractivity (Wildman–Crippen MR) is 95.4 cm³/mol. The number of benzene rings is 1. The predicted octanol–water partition coefficient (Wildman–Crippen LogP) is 0.743. The van der Waals surface area contributed by atoms with Gasteiger partial charge in [-0.25, -0.2) is 9.97 Å². The van der Waals surface area contributed by atoms with Crippen molar-refractivity contribution in [1.82, 2.24) is 15.4 Å². The first kappa shape index (κ1) is 18.3. The number of ether oxygens (including phenoxy) is 2. The summed E-state index contributed by atoms with van der Waals surface area (Å²) in [5, 5.41) is 11.5. The Kier molecular flexibility index (Phi) is 5.94. The van der Waals surface area contributed by atoms with Crippen molar-refractivity contribution in [3.05, 3.63) is 46.8 Å². The Morgan fingerprint density at radius 3 is 2.70 bits per heavy atom.